The SMILES string of the molecule is CC(C)C[C@H](NC(=O)[C@H](Cc1c[nH]c2ccccc12)NC(=O)CNC(=O)CNC(=O)[C@H](Cc1c[nH]c2ccccc12)NC(=O)[C@H](Cc1c[nH]c2ccccc12)NC(=O)[C@H](Cc1cnc[nH]1)NC(=O)[C@@H](N)CO)C(=O)NCC(=O)O. The average Bonchev–Trinajstić information content (AvgIpc) is 4.31. The van der Waals surface area contributed by atoms with Gasteiger partial charge in [-0.1, -0.05) is 68.4 Å². The number of fused-ring (bicyclic) bond motifs is 3. The number of rotatable bonds is 28. The average molecular weight is 1090 g/mol. The summed E-state index contributed by atoms with van der Waals surface area (Å²) in [5.74, 6) is -7.71. The number of nitrogens with zero attached hydrogens (tertiary/aromatic N) is 1. The van der Waals surface area contributed by atoms with Gasteiger partial charge in [-0.15, -0.1) is 0 Å². The van der Waals surface area contributed by atoms with Crippen LogP contribution in [0, 0.1) is 5.92 Å². The minimum atomic E-state index is -1.38. The number of nitrogens with two attached hydrogens (primary N) is 1. The summed E-state index contributed by atoms with van der Waals surface area (Å²) in [5, 5.41) is 41.6. The summed E-state index contributed by atoms with van der Waals surface area (Å²) in [6, 6.07) is 14.0. The first-order chi connectivity index (χ1) is 38.0. The maximum Gasteiger partial charge on any atom is 0.322 e. The van der Waals surface area contributed by atoms with E-state index in [1.54, 1.807) is 30.7 Å². The standard InChI is InChI=1S/C54H64N14O11/c1-29(2)15-41(50(75)62-26-48(72)73)66-52(77)43(17-31-21-58-39-13-7-4-10-35(31)39)64-47(71)25-60-46(70)24-61-51(76)42(16-30-20-57-38-12-6-3-9-34(30)38)67-53(78)44(18-32-22-59-40-14-8-5-11-36(32)40)68-54(79)45(19-33-23-56-28-63-33)65-49(74)37(55)27-69/h3-14,20-23,28-29,37,41-45,57-59,69H,15-19,24-27,55H2,1-2H3,(H,56,63)(H,60,70)(H,61,76)(H,62,75)(H,64,71)(H,65,74)(H,66,77)(H,67,78)(H,68,79)(H,72,73)/t37-,41-,42-,43-,44-,45-/m0/s1. The molecule has 0 aliphatic heterocycles. The molecular formula is C54H64N14O11. The molecule has 7 aromatic rings. The lowest BCUT2D eigenvalue weighted by Crippen LogP contribution is -2.59. The van der Waals surface area contributed by atoms with E-state index in [-0.39, 0.29) is 38.0 Å². The van der Waals surface area contributed by atoms with Gasteiger partial charge in [0.15, 0.2) is 0 Å². The molecule has 0 radical (unpaired) electrons. The highest BCUT2D eigenvalue weighted by Crippen LogP contribution is 2.23. The van der Waals surface area contributed by atoms with E-state index in [0.29, 0.717) is 22.4 Å². The number of amides is 8. The topological polar surface area (TPSA) is 392 Å². The van der Waals surface area contributed by atoms with Crippen molar-refractivity contribution in [3.63, 3.8) is 0 Å². The lowest BCUT2D eigenvalue weighted by Gasteiger charge is -2.26. The number of benzene rings is 3. The molecule has 25 nitrogen and oxygen atoms in total. The Bertz CT molecular complexity index is 3290. The lowest BCUT2D eigenvalue weighted by atomic mass is 10.0. The Morgan fingerprint density at radius 3 is 1.39 bits per heavy atom. The highest BCUT2D eigenvalue weighted by atomic mass is 16.4. The summed E-state index contributed by atoms with van der Waals surface area (Å²) in [5.41, 5.74) is 10.4. The Hall–Kier alpha value is -9.36. The lowest BCUT2D eigenvalue weighted by molar-refractivity contribution is -0.138. The van der Waals surface area contributed by atoms with Crippen molar-refractivity contribution in [2.75, 3.05) is 26.2 Å². The van der Waals surface area contributed by atoms with E-state index >= 15 is 0 Å². The minimum Gasteiger partial charge on any atom is -0.480 e. The number of carbonyl (C=O) groups is 9. The molecular weight excluding hydrogens is 1020 g/mol. The molecule has 8 amide bonds. The third-order valence-electron chi connectivity index (χ3n) is 13.0. The molecule has 0 aliphatic carbocycles. The molecule has 3 aromatic carbocycles. The predicted molar refractivity (Wildman–Crippen MR) is 289 cm³/mol. The smallest absolute Gasteiger partial charge is 0.322 e. The monoisotopic (exact) mass is 1080 g/mol. The summed E-state index contributed by atoms with van der Waals surface area (Å²) in [6.07, 6.45) is 7.68. The van der Waals surface area contributed by atoms with Crippen molar-refractivity contribution in [3.05, 3.63) is 126 Å². The van der Waals surface area contributed by atoms with E-state index < -0.39 is 116 Å². The number of aliphatic hydroxyl groups is 1. The first kappa shape index (κ1) is 57.3. The Morgan fingerprint density at radius 2 is 0.924 bits per heavy atom. The molecule has 0 unspecified atom stereocenters. The number of hydrogen-bond acceptors (Lipinski definition) is 12. The number of carbonyl (C=O) groups excluding carboxylic acids is 8. The first-order valence-corrected chi connectivity index (χ1v) is 25.5. The van der Waals surface area contributed by atoms with Gasteiger partial charge in [-0.05, 0) is 47.2 Å². The minimum absolute atomic E-state index is 0.0474. The molecule has 4 aromatic heterocycles. The highest BCUT2D eigenvalue weighted by molar-refractivity contribution is 5.98. The summed E-state index contributed by atoms with van der Waals surface area (Å²) in [7, 11) is 0. The highest BCUT2D eigenvalue weighted by Gasteiger charge is 2.33. The van der Waals surface area contributed by atoms with E-state index in [0.717, 1.165) is 32.7 Å². The molecule has 25 heteroatoms. The number of carboxylic acids is 1. The van der Waals surface area contributed by atoms with Crippen molar-refractivity contribution in [1.82, 2.24) is 67.5 Å². The molecule has 4 heterocycles. The molecule has 6 atom stereocenters. The second-order valence-corrected chi connectivity index (χ2v) is 19.4. The van der Waals surface area contributed by atoms with Gasteiger partial charge in [0.1, 0.15) is 42.8 Å². The van der Waals surface area contributed by atoms with Crippen molar-refractivity contribution < 1.29 is 53.4 Å². The number of aromatic nitrogens is 5. The molecule has 0 bridgehead atoms. The summed E-state index contributed by atoms with van der Waals surface area (Å²) >= 11 is 0. The normalized spacial score (nSPS) is 13.6. The van der Waals surface area contributed by atoms with Crippen LogP contribution in [-0.4, -0.2) is 151 Å². The van der Waals surface area contributed by atoms with Gasteiger partial charge in [0.05, 0.1) is 26.0 Å². The molecule has 7 rings (SSSR count). The summed E-state index contributed by atoms with van der Waals surface area (Å²) < 4.78 is 0. The van der Waals surface area contributed by atoms with Gasteiger partial charge in [0.2, 0.25) is 47.3 Å². The van der Waals surface area contributed by atoms with Crippen LogP contribution in [0.15, 0.2) is 104 Å². The van der Waals surface area contributed by atoms with Crippen LogP contribution in [0.3, 0.4) is 0 Å². The zero-order chi connectivity index (χ0) is 56.6. The van der Waals surface area contributed by atoms with E-state index in [4.69, 9.17) is 10.8 Å². The number of carboxylic acid groups (broad SMARTS) is 1. The second-order valence-electron chi connectivity index (χ2n) is 19.4. The predicted octanol–water partition coefficient (Wildman–Crippen LogP) is -0.653. The van der Waals surface area contributed by atoms with Crippen LogP contribution in [0.1, 0.15) is 42.7 Å². The fourth-order valence-electron chi connectivity index (χ4n) is 8.96. The summed E-state index contributed by atoms with van der Waals surface area (Å²) in [6.45, 7) is 0.928. The Labute approximate surface area is 451 Å². The van der Waals surface area contributed by atoms with Crippen LogP contribution in [0.25, 0.3) is 32.7 Å². The molecule has 0 saturated carbocycles. The number of hydrogen-bond donors (Lipinski definition) is 15. The molecule has 0 aliphatic rings. The second kappa shape index (κ2) is 27.1. The Morgan fingerprint density at radius 1 is 0.506 bits per heavy atom. The van der Waals surface area contributed by atoms with Crippen LogP contribution in [0.5, 0.6) is 0 Å². The van der Waals surface area contributed by atoms with E-state index in [2.05, 4.69) is 67.5 Å². The van der Waals surface area contributed by atoms with Crippen molar-refractivity contribution in [3.8, 4) is 0 Å². The Kier molecular flexibility index (Phi) is 19.7. The van der Waals surface area contributed by atoms with Gasteiger partial charge in [-0.2, -0.15) is 0 Å². The van der Waals surface area contributed by atoms with Crippen molar-refractivity contribution in [2.24, 2.45) is 11.7 Å². The van der Waals surface area contributed by atoms with Crippen LogP contribution >= 0.6 is 0 Å². The van der Waals surface area contributed by atoms with Gasteiger partial charge in [0.25, 0.3) is 0 Å². The fraction of sp³-hybridized carbons (Fsp3) is 0.333. The quantitative estimate of drug-likeness (QED) is 0.0290. The largest absolute Gasteiger partial charge is 0.480 e. The number of H-pyrrole nitrogens is 4. The van der Waals surface area contributed by atoms with E-state index in [1.165, 1.54) is 12.5 Å². The van der Waals surface area contributed by atoms with Gasteiger partial charge < -0.3 is 78.4 Å². The Balaban J connectivity index is 1.06. The van der Waals surface area contributed by atoms with E-state index in [1.807, 2.05) is 74.5 Å². The number of aromatic amines is 4. The van der Waals surface area contributed by atoms with Gasteiger partial charge in [-0.3, -0.25) is 43.2 Å². The number of imidazole rings is 1. The van der Waals surface area contributed by atoms with Crippen LogP contribution < -0.4 is 48.3 Å². The van der Waals surface area contributed by atoms with Crippen molar-refractivity contribution in [2.45, 2.75) is 82.2 Å². The van der Waals surface area contributed by atoms with Gasteiger partial charge in [-0.25, -0.2) is 4.98 Å². The fourth-order valence-corrected chi connectivity index (χ4v) is 8.96. The van der Waals surface area contributed by atoms with Crippen LogP contribution in [-0.2, 0) is 68.8 Å². The molecule has 0 fully saturated rings. The van der Waals surface area contributed by atoms with Gasteiger partial charge in [0, 0.05) is 88.9 Å². The van der Waals surface area contributed by atoms with Crippen molar-refractivity contribution >= 4 is 85.9 Å². The van der Waals surface area contributed by atoms with E-state index in [9.17, 15) is 48.3 Å². The molecule has 79 heavy (non-hydrogen) atoms. The summed E-state index contributed by atoms with van der Waals surface area (Å²) in [4.78, 5) is 138. The first-order valence-electron chi connectivity index (χ1n) is 25.5. The molecule has 16 N–H and O–H groups in total. The maximum absolute atomic E-state index is 14.7. The zero-order valence-corrected chi connectivity index (χ0v) is 43.3. The maximum atomic E-state index is 14.7. The molecule has 0 saturated heterocycles. The zero-order valence-electron chi connectivity index (χ0n) is 43.3. The number of nitrogens with one attached hydrogen (secondary N) is 12. The number of para-hydroxylation sites is 3. The molecule has 0 spiro atoms. The molecule has 416 valence electrons. The van der Waals surface area contributed by atoms with Crippen molar-refractivity contribution in [1.29, 1.82) is 0 Å². The third kappa shape index (κ3) is 15.9. The van der Waals surface area contributed by atoms with Crippen LogP contribution in [0.2, 0.25) is 0 Å². The van der Waals surface area contributed by atoms with Gasteiger partial charge >= 0.3 is 5.97 Å². The number of aliphatic hydroxyl groups excluding tert-OH is 1. The third-order valence-corrected chi connectivity index (χ3v) is 13.0. The number of aliphatic carboxylic acids is 1. The van der Waals surface area contributed by atoms with Crippen LogP contribution in [0.4, 0.5) is 0 Å².